The second-order valence-corrected chi connectivity index (χ2v) is 17.5. The van der Waals surface area contributed by atoms with Crippen molar-refractivity contribution in [3.8, 4) is 0 Å². The predicted octanol–water partition coefficient (Wildman–Crippen LogP) is 3.98. The molecule has 0 amide bonds. The Balaban J connectivity index is 1.71. The van der Waals surface area contributed by atoms with Crippen LogP contribution in [0.15, 0.2) is 54.5 Å². The fourth-order valence-electron chi connectivity index (χ4n) is 4.07. The molecule has 1 aliphatic heterocycles. The number of nitrogens with zero attached hydrogens (tertiary/aromatic N) is 4. The molecular formula is C26H37N5O6SSi. The number of rotatable bonds is 10. The molecule has 2 aromatic heterocycles. The molecule has 0 aliphatic carbocycles. The Morgan fingerprint density at radius 1 is 1.15 bits per heavy atom. The maximum Gasteiger partial charge on any atom is 0.297 e. The highest BCUT2D eigenvalue weighted by Gasteiger charge is 2.52. The van der Waals surface area contributed by atoms with E-state index >= 15 is 0 Å². The van der Waals surface area contributed by atoms with Crippen LogP contribution in [0.5, 0.6) is 0 Å². The zero-order valence-electron chi connectivity index (χ0n) is 23.2. The Bertz CT molecular complexity index is 1420. The van der Waals surface area contributed by atoms with Gasteiger partial charge in [-0.25, -0.2) is 15.0 Å². The molecule has 4 atom stereocenters. The lowest BCUT2D eigenvalue weighted by Crippen LogP contribution is -2.50. The lowest BCUT2D eigenvalue weighted by atomic mass is 10.1. The molecule has 0 saturated carbocycles. The third-order valence-electron chi connectivity index (χ3n) is 7.29. The van der Waals surface area contributed by atoms with Crippen LogP contribution in [-0.4, -0.2) is 67.8 Å². The number of nitrogen functional groups attached to an aromatic ring is 1. The van der Waals surface area contributed by atoms with Gasteiger partial charge >= 0.3 is 0 Å². The molecule has 0 spiro atoms. The molecule has 2 N–H and O–H groups in total. The number of nitrogens with two attached hydrogens (primary N) is 1. The summed E-state index contributed by atoms with van der Waals surface area (Å²) in [6.07, 6.45) is 1.70. The summed E-state index contributed by atoms with van der Waals surface area (Å²) in [5.74, 6) is 0.235. The average Bonchev–Trinajstić information content (AvgIpc) is 3.43. The van der Waals surface area contributed by atoms with Crippen LogP contribution >= 0.6 is 0 Å². The molecule has 1 aromatic carbocycles. The lowest BCUT2D eigenvalue weighted by Gasteiger charge is -2.40. The maximum atomic E-state index is 13.0. The monoisotopic (exact) mass is 575 g/mol. The van der Waals surface area contributed by atoms with Crippen molar-refractivity contribution >= 4 is 35.4 Å². The first-order valence-electron chi connectivity index (χ1n) is 12.7. The standard InChI is InChI=1S/C26H37N5O6SSi/c1-8-13-34-22-21(37-39(6,7)26(3,4)5)19(14-35-38(32,33)18-11-9-17(2)10-12-18)36-25(22)31-16-30-20-23(27)28-15-29-24(20)31/h8-12,15-16,19,21-22,25H,1,13-14H2,2-7H3,(H2,27,28,29)/t19-,21-,22+,25-/m1/s1. The largest absolute Gasteiger partial charge is 0.408 e. The van der Waals surface area contributed by atoms with Gasteiger partial charge in [-0.2, -0.15) is 8.42 Å². The van der Waals surface area contributed by atoms with Crippen LogP contribution in [0.1, 0.15) is 32.6 Å². The van der Waals surface area contributed by atoms with Gasteiger partial charge in [0.2, 0.25) is 0 Å². The molecule has 1 aliphatic rings. The first kappa shape index (κ1) is 29.3. The van der Waals surface area contributed by atoms with Crippen molar-refractivity contribution < 1.29 is 26.5 Å². The number of imidazole rings is 1. The van der Waals surface area contributed by atoms with Gasteiger partial charge < -0.3 is 19.6 Å². The summed E-state index contributed by atoms with van der Waals surface area (Å²) in [4.78, 5) is 12.8. The molecule has 0 radical (unpaired) electrons. The van der Waals surface area contributed by atoms with Crippen molar-refractivity contribution in [1.82, 2.24) is 19.5 Å². The lowest BCUT2D eigenvalue weighted by molar-refractivity contribution is -0.0625. The summed E-state index contributed by atoms with van der Waals surface area (Å²) in [5, 5.41) is -0.128. The summed E-state index contributed by atoms with van der Waals surface area (Å²) < 4.78 is 52.8. The minimum atomic E-state index is -4.04. The minimum Gasteiger partial charge on any atom is -0.408 e. The van der Waals surface area contributed by atoms with Gasteiger partial charge in [0.05, 0.1) is 24.4 Å². The summed E-state index contributed by atoms with van der Waals surface area (Å²) >= 11 is 0. The fourth-order valence-corrected chi connectivity index (χ4v) is 6.31. The molecule has 3 aromatic rings. The van der Waals surface area contributed by atoms with Crippen molar-refractivity contribution in [2.45, 2.75) is 75.3 Å². The third-order valence-corrected chi connectivity index (χ3v) is 13.1. The second kappa shape index (κ2) is 11.1. The molecule has 13 heteroatoms. The van der Waals surface area contributed by atoms with Crippen molar-refractivity contribution in [1.29, 1.82) is 0 Å². The van der Waals surface area contributed by atoms with Gasteiger partial charge in [0.15, 0.2) is 26.0 Å². The van der Waals surface area contributed by atoms with Crippen molar-refractivity contribution in [3.63, 3.8) is 0 Å². The average molecular weight is 576 g/mol. The summed E-state index contributed by atoms with van der Waals surface area (Å²) in [7, 11) is -6.42. The van der Waals surface area contributed by atoms with E-state index in [1.54, 1.807) is 29.1 Å². The molecule has 1 saturated heterocycles. The van der Waals surface area contributed by atoms with Crippen molar-refractivity contribution in [2.24, 2.45) is 0 Å². The highest BCUT2D eigenvalue weighted by molar-refractivity contribution is 7.86. The second-order valence-electron chi connectivity index (χ2n) is 11.1. The molecule has 4 rings (SSSR count). The van der Waals surface area contributed by atoms with E-state index < -0.39 is 43.0 Å². The highest BCUT2D eigenvalue weighted by Crippen LogP contribution is 2.43. The molecule has 39 heavy (non-hydrogen) atoms. The minimum absolute atomic E-state index is 0.0664. The quantitative estimate of drug-likeness (QED) is 0.214. The van der Waals surface area contributed by atoms with E-state index in [2.05, 4.69) is 55.4 Å². The maximum absolute atomic E-state index is 13.0. The fraction of sp³-hybridized carbons (Fsp3) is 0.500. The molecular weight excluding hydrogens is 538 g/mol. The van der Waals surface area contributed by atoms with Gasteiger partial charge in [-0.15, -0.1) is 6.58 Å². The summed E-state index contributed by atoms with van der Waals surface area (Å²) in [6.45, 7) is 16.2. The molecule has 0 bridgehead atoms. The zero-order valence-corrected chi connectivity index (χ0v) is 25.0. The van der Waals surface area contributed by atoms with Gasteiger partial charge in [0.1, 0.15) is 30.2 Å². The van der Waals surface area contributed by atoms with Gasteiger partial charge in [0, 0.05) is 0 Å². The predicted molar refractivity (Wildman–Crippen MR) is 150 cm³/mol. The Morgan fingerprint density at radius 2 is 1.85 bits per heavy atom. The van der Waals surface area contributed by atoms with Crippen LogP contribution in [0, 0.1) is 6.92 Å². The number of hydrogen-bond donors (Lipinski definition) is 1. The first-order chi connectivity index (χ1) is 18.2. The SMILES string of the molecule is C=CCO[C@H]1[C@H](O[Si](C)(C)C(C)(C)C)[C@@H](COS(=O)(=O)c2ccc(C)cc2)O[C@H]1n1cnc2c(N)ncnc21. The Hall–Kier alpha value is -2.68. The van der Waals surface area contributed by atoms with E-state index in [4.69, 9.17) is 23.8 Å². The molecule has 0 unspecified atom stereocenters. The smallest absolute Gasteiger partial charge is 0.297 e. The third kappa shape index (κ3) is 6.08. The Kier molecular flexibility index (Phi) is 8.31. The first-order valence-corrected chi connectivity index (χ1v) is 17.0. The molecule has 212 valence electrons. The van der Waals surface area contributed by atoms with Gasteiger partial charge in [-0.05, 0) is 37.2 Å². The number of benzene rings is 1. The topological polar surface area (TPSA) is 141 Å². The molecule has 1 fully saturated rings. The summed E-state index contributed by atoms with van der Waals surface area (Å²) in [6, 6.07) is 6.48. The van der Waals surface area contributed by atoms with Crippen LogP contribution in [0.2, 0.25) is 18.1 Å². The van der Waals surface area contributed by atoms with Crippen LogP contribution in [-0.2, 0) is 28.2 Å². The Morgan fingerprint density at radius 3 is 2.49 bits per heavy atom. The molecule has 3 heterocycles. The van der Waals surface area contributed by atoms with Crippen LogP contribution in [0.4, 0.5) is 5.82 Å². The highest BCUT2D eigenvalue weighted by atomic mass is 32.2. The van der Waals surface area contributed by atoms with Gasteiger partial charge in [-0.3, -0.25) is 8.75 Å². The summed E-state index contributed by atoms with van der Waals surface area (Å²) in [5.41, 5.74) is 7.83. The number of fused-ring (bicyclic) bond motifs is 1. The van der Waals surface area contributed by atoms with Gasteiger partial charge in [0.25, 0.3) is 10.1 Å². The van der Waals surface area contributed by atoms with E-state index in [-0.39, 0.29) is 29.0 Å². The van der Waals surface area contributed by atoms with E-state index in [1.165, 1.54) is 18.5 Å². The van der Waals surface area contributed by atoms with Gasteiger partial charge in [-0.1, -0.05) is 44.5 Å². The Labute approximate surface area is 230 Å². The van der Waals surface area contributed by atoms with E-state index in [0.717, 1.165) is 5.56 Å². The van der Waals surface area contributed by atoms with Crippen molar-refractivity contribution in [3.05, 3.63) is 55.1 Å². The number of aromatic nitrogens is 4. The van der Waals surface area contributed by atoms with Crippen LogP contribution < -0.4 is 5.73 Å². The van der Waals surface area contributed by atoms with E-state index in [9.17, 15) is 8.42 Å². The van der Waals surface area contributed by atoms with Crippen LogP contribution in [0.25, 0.3) is 11.2 Å². The number of ether oxygens (including phenoxy) is 2. The number of anilines is 1. The van der Waals surface area contributed by atoms with Crippen molar-refractivity contribution in [2.75, 3.05) is 18.9 Å². The van der Waals surface area contributed by atoms with E-state index in [1.807, 2.05) is 6.92 Å². The number of hydrogen-bond acceptors (Lipinski definition) is 10. The zero-order chi connectivity index (χ0) is 28.6. The normalized spacial score (nSPS) is 22.4. The van der Waals surface area contributed by atoms with Crippen LogP contribution in [0.3, 0.4) is 0 Å². The number of aryl methyl sites for hydroxylation is 1. The van der Waals surface area contributed by atoms with E-state index in [0.29, 0.717) is 11.2 Å². The molecule has 11 nitrogen and oxygen atoms in total.